The standard InChI is InChI=1S/C14H17ClN2O3/c1-20-12(9-3-2-4-10(15)7-9)8-16-14(19)11-5-6-13(18)17-11/h2-4,7,11-12H,5-6,8H2,1H3,(H,16,19)(H,17,18)/t11-,12+/m1/s1. The number of hydrogen-bond acceptors (Lipinski definition) is 3. The van der Waals surface area contributed by atoms with Crippen LogP contribution in [0.15, 0.2) is 24.3 Å². The van der Waals surface area contributed by atoms with E-state index in [0.717, 1.165) is 5.56 Å². The van der Waals surface area contributed by atoms with Gasteiger partial charge in [-0.3, -0.25) is 9.59 Å². The molecule has 1 fully saturated rings. The highest BCUT2D eigenvalue weighted by Crippen LogP contribution is 2.19. The third-order valence-corrected chi connectivity index (χ3v) is 3.51. The Bertz CT molecular complexity index is 507. The van der Waals surface area contributed by atoms with Gasteiger partial charge in [-0.1, -0.05) is 23.7 Å². The van der Waals surface area contributed by atoms with Crippen molar-refractivity contribution in [3.05, 3.63) is 34.9 Å². The number of hydrogen-bond donors (Lipinski definition) is 2. The van der Waals surface area contributed by atoms with E-state index in [4.69, 9.17) is 16.3 Å². The smallest absolute Gasteiger partial charge is 0.242 e. The van der Waals surface area contributed by atoms with Gasteiger partial charge >= 0.3 is 0 Å². The molecule has 2 N–H and O–H groups in total. The van der Waals surface area contributed by atoms with E-state index in [9.17, 15) is 9.59 Å². The van der Waals surface area contributed by atoms with Crippen LogP contribution >= 0.6 is 11.6 Å². The van der Waals surface area contributed by atoms with Gasteiger partial charge in [-0.25, -0.2) is 0 Å². The number of amides is 2. The molecule has 6 heteroatoms. The fraction of sp³-hybridized carbons (Fsp3) is 0.429. The number of methoxy groups -OCH3 is 1. The zero-order chi connectivity index (χ0) is 14.5. The van der Waals surface area contributed by atoms with Crippen molar-refractivity contribution in [2.24, 2.45) is 0 Å². The topological polar surface area (TPSA) is 67.4 Å². The summed E-state index contributed by atoms with van der Waals surface area (Å²) in [4.78, 5) is 23.0. The molecule has 0 aromatic heterocycles. The van der Waals surface area contributed by atoms with Gasteiger partial charge in [-0.2, -0.15) is 0 Å². The normalized spacial score (nSPS) is 19.5. The van der Waals surface area contributed by atoms with Gasteiger partial charge in [0.15, 0.2) is 0 Å². The average Bonchev–Trinajstić information content (AvgIpc) is 2.86. The maximum absolute atomic E-state index is 11.9. The summed E-state index contributed by atoms with van der Waals surface area (Å²) in [6.07, 6.45) is 0.675. The Balaban J connectivity index is 1.91. The van der Waals surface area contributed by atoms with Gasteiger partial charge in [-0.15, -0.1) is 0 Å². The van der Waals surface area contributed by atoms with E-state index in [1.807, 2.05) is 12.1 Å². The number of nitrogens with one attached hydrogen (secondary N) is 2. The maximum atomic E-state index is 11.9. The molecule has 0 bridgehead atoms. The van der Waals surface area contributed by atoms with Gasteiger partial charge < -0.3 is 15.4 Å². The van der Waals surface area contributed by atoms with Crippen molar-refractivity contribution in [3.8, 4) is 0 Å². The Labute approximate surface area is 122 Å². The van der Waals surface area contributed by atoms with E-state index in [1.165, 1.54) is 0 Å². The van der Waals surface area contributed by atoms with Crippen molar-refractivity contribution >= 4 is 23.4 Å². The second kappa shape index (κ2) is 6.72. The van der Waals surface area contributed by atoms with Crippen molar-refractivity contribution in [2.45, 2.75) is 25.0 Å². The van der Waals surface area contributed by atoms with Crippen molar-refractivity contribution in [1.29, 1.82) is 0 Å². The summed E-state index contributed by atoms with van der Waals surface area (Å²) in [6.45, 7) is 0.335. The van der Waals surface area contributed by atoms with Crippen molar-refractivity contribution in [3.63, 3.8) is 0 Å². The first-order chi connectivity index (χ1) is 9.60. The van der Waals surface area contributed by atoms with Crippen LogP contribution in [0, 0.1) is 0 Å². The van der Waals surface area contributed by atoms with E-state index < -0.39 is 6.04 Å². The Morgan fingerprint density at radius 2 is 2.40 bits per heavy atom. The molecule has 0 aliphatic carbocycles. The Kier molecular flexibility index (Phi) is 4.98. The second-order valence-corrected chi connectivity index (χ2v) is 5.12. The van der Waals surface area contributed by atoms with Gasteiger partial charge in [0.2, 0.25) is 11.8 Å². The van der Waals surface area contributed by atoms with E-state index in [-0.39, 0.29) is 17.9 Å². The summed E-state index contributed by atoms with van der Waals surface area (Å²) in [5.74, 6) is -0.261. The van der Waals surface area contributed by atoms with Gasteiger partial charge in [0.05, 0.1) is 6.10 Å². The molecule has 1 aromatic carbocycles. The van der Waals surface area contributed by atoms with Gasteiger partial charge in [0, 0.05) is 25.1 Å². The number of carbonyl (C=O) groups excluding carboxylic acids is 2. The molecule has 1 saturated heterocycles. The number of carbonyl (C=O) groups is 2. The summed E-state index contributed by atoms with van der Waals surface area (Å²) in [5, 5.41) is 6.05. The lowest BCUT2D eigenvalue weighted by Gasteiger charge is -2.18. The summed E-state index contributed by atoms with van der Waals surface area (Å²) < 4.78 is 5.36. The summed E-state index contributed by atoms with van der Waals surface area (Å²) >= 11 is 5.94. The fourth-order valence-electron chi connectivity index (χ4n) is 2.17. The minimum atomic E-state index is -0.431. The third kappa shape index (κ3) is 3.71. The molecule has 1 aromatic rings. The molecule has 0 saturated carbocycles. The summed E-state index contributed by atoms with van der Waals surface area (Å²) in [6, 6.07) is 6.88. The summed E-state index contributed by atoms with van der Waals surface area (Å²) in [5.41, 5.74) is 0.899. The molecule has 2 rings (SSSR count). The number of ether oxygens (including phenoxy) is 1. The van der Waals surface area contributed by atoms with Crippen LogP contribution in [0.1, 0.15) is 24.5 Å². The molecule has 1 aliphatic heterocycles. The monoisotopic (exact) mass is 296 g/mol. The molecule has 20 heavy (non-hydrogen) atoms. The molecule has 0 unspecified atom stereocenters. The summed E-state index contributed by atoms with van der Waals surface area (Å²) in [7, 11) is 1.58. The van der Waals surface area contributed by atoms with E-state index >= 15 is 0 Å². The zero-order valence-corrected chi connectivity index (χ0v) is 11.9. The van der Waals surface area contributed by atoms with Crippen LogP contribution in [0.5, 0.6) is 0 Å². The van der Waals surface area contributed by atoms with Crippen LogP contribution in [0.4, 0.5) is 0 Å². The van der Waals surface area contributed by atoms with E-state index in [0.29, 0.717) is 24.4 Å². The Hall–Kier alpha value is -1.59. The van der Waals surface area contributed by atoms with Crippen LogP contribution in [-0.4, -0.2) is 31.5 Å². The molecule has 1 heterocycles. The molecule has 2 amide bonds. The van der Waals surface area contributed by atoms with Gasteiger partial charge in [0.25, 0.3) is 0 Å². The minimum absolute atomic E-state index is 0.0803. The quantitative estimate of drug-likeness (QED) is 0.863. The number of rotatable bonds is 5. The lowest BCUT2D eigenvalue weighted by atomic mass is 10.1. The molecule has 0 spiro atoms. The molecule has 108 valence electrons. The predicted molar refractivity (Wildman–Crippen MR) is 75.4 cm³/mol. The second-order valence-electron chi connectivity index (χ2n) is 4.68. The predicted octanol–water partition coefficient (Wildman–Crippen LogP) is 1.42. The highest BCUT2D eigenvalue weighted by atomic mass is 35.5. The lowest BCUT2D eigenvalue weighted by molar-refractivity contribution is -0.126. The molecule has 0 radical (unpaired) electrons. The third-order valence-electron chi connectivity index (χ3n) is 3.28. The lowest BCUT2D eigenvalue weighted by Crippen LogP contribution is -2.43. The first-order valence-corrected chi connectivity index (χ1v) is 6.83. The van der Waals surface area contributed by atoms with Gasteiger partial charge in [0.1, 0.15) is 6.04 Å². The van der Waals surface area contributed by atoms with E-state index in [2.05, 4.69) is 10.6 Å². The van der Waals surface area contributed by atoms with Crippen LogP contribution in [-0.2, 0) is 14.3 Å². The van der Waals surface area contributed by atoms with Crippen LogP contribution < -0.4 is 10.6 Å². The minimum Gasteiger partial charge on any atom is -0.375 e. The van der Waals surface area contributed by atoms with Crippen LogP contribution in [0.2, 0.25) is 5.02 Å². The van der Waals surface area contributed by atoms with Gasteiger partial charge in [-0.05, 0) is 24.1 Å². The highest BCUT2D eigenvalue weighted by Gasteiger charge is 2.27. The molecule has 5 nitrogen and oxygen atoms in total. The largest absolute Gasteiger partial charge is 0.375 e. The van der Waals surface area contributed by atoms with Crippen LogP contribution in [0.25, 0.3) is 0 Å². The van der Waals surface area contributed by atoms with E-state index in [1.54, 1.807) is 19.2 Å². The maximum Gasteiger partial charge on any atom is 0.242 e. The first kappa shape index (κ1) is 14.8. The fourth-order valence-corrected chi connectivity index (χ4v) is 2.37. The highest BCUT2D eigenvalue weighted by molar-refractivity contribution is 6.30. The SMILES string of the molecule is CO[C@@H](CNC(=O)[C@H]1CCC(=O)N1)c1cccc(Cl)c1. The van der Waals surface area contributed by atoms with Crippen molar-refractivity contribution in [1.82, 2.24) is 10.6 Å². The van der Waals surface area contributed by atoms with Crippen molar-refractivity contribution < 1.29 is 14.3 Å². The molecule has 1 aliphatic rings. The molecule has 2 atom stereocenters. The van der Waals surface area contributed by atoms with Crippen LogP contribution in [0.3, 0.4) is 0 Å². The number of halogens is 1. The Morgan fingerprint density at radius 3 is 3.00 bits per heavy atom. The molecular weight excluding hydrogens is 280 g/mol. The Morgan fingerprint density at radius 1 is 1.60 bits per heavy atom. The average molecular weight is 297 g/mol. The zero-order valence-electron chi connectivity index (χ0n) is 11.2. The number of benzene rings is 1. The van der Waals surface area contributed by atoms with Crippen molar-refractivity contribution in [2.75, 3.05) is 13.7 Å². The first-order valence-electron chi connectivity index (χ1n) is 6.45. The molecular formula is C14H17ClN2O3.